The Morgan fingerprint density at radius 3 is 2.35 bits per heavy atom. The van der Waals surface area contributed by atoms with Crippen molar-refractivity contribution in [3.05, 3.63) is 60.4 Å². The van der Waals surface area contributed by atoms with Crippen LogP contribution in [0.1, 0.15) is 24.3 Å². The number of ether oxygens (including phenoxy) is 1. The number of carbonyl (C=O) groups is 2. The van der Waals surface area contributed by atoms with Gasteiger partial charge in [0.25, 0.3) is 11.7 Å². The fourth-order valence-corrected chi connectivity index (χ4v) is 3.10. The average molecular weight is 350 g/mol. The van der Waals surface area contributed by atoms with Crippen LogP contribution in [-0.2, 0) is 4.79 Å². The summed E-state index contributed by atoms with van der Waals surface area (Å²) in [5, 5.41) is 0. The summed E-state index contributed by atoms with van der Waals surface area (Å²) in [4.78, 5) is 27.3. The number of Topliss-reactive ketones (excluding diaryl/α,β-unsaturated/α-hetero) is 1. The number of likely N-dealkylation sites (N-methyl/N-ethyl adjacent to an activating group) is 1. The summed E-state index contributed by atoms with van der Waals surface area (Å²) in [6.07, 6.45) is 1.81. The number of fused-ring (bicyclic) bond motifs is 1. The van der Waals surface area contributed by atoms with Crippen LogP contribution in [0.4, 0.5) is 0 Å². The molecule has 134 valence electrons. The SMILES string of the molecule is CCN(CC)C(=O)C(=O)c1c(-c2ccc(OC)cc2)cc2ccccn12. The molecule has 2 heterocycles. The molecule has 0 unspecified atom stereocenters. The Labute approximate surface area is 152 Å². The number of methoxy groups -OCH3 is 1. The highest BCUT2D eigenvalue weighted by Crippen LogP contribution is 2.30. The van der Waals surface area contributed by atoms with Gasteiger partial charge in [0, 0.05) is 30.4 Å². The molecule has 3 rings (SSSR count). The van der Waals surface area contributed by atoms with Crippen LogP contribution >= 0.6 is 0 Å². The van der Waals surface area contributed by atoms with E-state index in [1.807, 2.05) is 68.6 Å². The van der Waals surface area contributed by atoms with Crippen LogP contribution in [0.15, 0.2) is 54.7 Å². The van der Waals surface area contributed by atoms with Gasteiger partial charge in [-0.25, -0.2) is 0 Å². The molecule has 0 radical (unpaired) electrons. The zero-order valence-corrected chi connectivity index (χ0v) is 15.2. The third kappa shape index (κ3) is 3.08. The molecule has 0 aliphatic carbocycles. The molecule has 5 nitrogen and oxygen atoms in total. The van der Waals surface area contributed by atoms with Crippen molar-refractivity contribution in [1.82, 2.24) is 9.30 Å². The van der Waals surface area contributed by atoms with Gasteiger partial charge < -0.3 is 14.0 Å². The number of amides is 1. The fraction of sp³-hybridized carbons (Fsp3) is 0.238. The van der Waals surface area contributed by atoms with Crippen molar-refractivity contribution in [3.63, 3.8) is 0 Å². The Bertz CT molecular complexity index is 938. The second-order valence-electron chi connectivity index (χ2n) is 5.94. The van der Waals surface area contributed by atoms with E-state index >= 15 is 0 Å². The van der Waals surface area contributed by atoms with Gasteiger partial charge in [0.15, 0.2) is 0 Å². The normalized spacial score (nSPS) is 10.7. The second kappa shape index (κ2) is 7.44. The lowest BCUT2D eigenvalue weighted by Gasteiger charge is -2.18. The van der Waals surface area contributed by atoms with Crippen LogP contribution in [0.3, 0.4) is 0 Å². The van der Waals surface area contributed by atoms with Crippen molar-refractivity contribution in [2.75, 3.05) is 20.2 Å². The molecule has 0 atom stereocenters. The summed E-state index contributed by atoms with van der Waals surface area (Å²) >= 11 is 0. The van der Waals surface area contributed by atoms with E-state index in [2.05, 4.69) is 0 Å². The summed E-state index contributed by atoms with van der Waals surface area (Å²) in [5.74, 6) is -0.232. The molecule has 2 aromatic heterocycles. The molecule has 0 aliphatic heterocycles. The Hall–Kier alpha value is -3.08. The van der Waals surface area contributed by atoms with Gasteiger partial charge in [-0.3, -0.25) is 9.59 Å². The molecule has 3 aromatic rings. The Morgan fingerprint density at radius 1 is 1.04 bits per heavy atom. The second-order valence-corrected chi connectivity index (χ2v) is 5.94. The lowest BCUT2D eigenvalue weighted by molar-refractivity contribution is -0.126. The van der Waals surface area contributed by atoms with Crippen LogP contribution in [0, 0.1) is 0 Å². The predicted molar refractivity (Wildman–Crippen MR) is 102 cm³/mol. The number of carbonyl (C=O) groups excluding carboxylic acids is 2. The standard InChI is InChI=1S/C21H22N2O3/c1-4-22(5-2)21(25)20(24)19-18(14-16-8-6-7-13-23(16)19)15-9-11-17(26-3)12-10-15/h6-14H,4-5H2,1-3H3. The number of hydrogen-bond donors (Lipinski definition) is 0. The van der Waals surface area contributed by atoms with Gasteiger partial charge in [-0.15, -0.1) is 0 Å². The van der Waals surface area contributed by atoms with Crippen molar-refractivity contribution in [2.45, 2.75) is 13.8 Å². The van der Waals surface area contributed by atoms with E-state index in [1.165, 1.54) is 0 Å². The van der Waals surface area contributed by atoms with E-state index in [0.29, 0.717) is 18.8 Å². The maximum absolute atomic E-state index is 13.1. The van der Waals surface area contributed by atoms with Gasteiger partial charge in [-0.05, 0) is 49.7 Å². The molecule has 0 fully saturated rings. The summed E-state index contributed by atoms with van der Waals surface area (Å²) < 4.78 is 6.99. The van der Waals surface area contributed by atoms with Gasteiger partial charge in [0.05, 0.1) is 7.11 Å². The first kappa shape index (κ1) is 17.7. The first-order chi connectivity index (χ1) is 12.6. The van der Waals surface area contributed by atoms with Gasteiger partial charge >= 0.3 is 0 Å². The van der Waals surface area contributed by atoms with E-state index < -0.39 is 11.7 Å². The molecule has 1 amide bonds. The minimum atomic E-state index is -0.495. The average Bonchev–Trinajstić information content (AvgIpc) is 3.07. The maximum Gasteiger partial charge on any atom is 0.296 e. The molecular formula is C21H22N2O3. The van der Waals surface area contributed by atoms with Gasteiger partial charge in [-0.2, -0.15) is 0 Å². The Morgan fingerprint density at radius 2 is 1.73 bits per heavy atom. The number of ketones is 1. The number of pyridine rings is 1. The molecule has 0 saturated heterocycles. The lowest BCUT2D eigenvalue weighted by Crippen LogP contribution is -2.36. The minimum absolute atomic E-state index is 0.391. The number of benzene rings is 1. The van der Waals surface area contributed by atoms with E-state index in [0.717, 1.165) is 22.4 Å². The van der Waals surface area contributed by atoms with Crippen molar-refractivity contribution in [2.24, 2.45) is 0 Å². The molecule has 1 aromatic carbocycles. The third-order valence-electron chi connectivity index (χ3n) is 4.54. The maximum atomic E-state index is 13.1. The Balaban J connectivity index is 2.16. The van der Waals surface area contributed by atoms with Crippen LogP contribution in [0.5, 0.6) is 5.75 Å². The van der Waals surface area contributed by atoms with Crippen molar-refractivity contribution in [1.29, 1.82) is 0 Å². The number of nitrogens with zero attached hydrogens (tertiary/aromatic N) is 2. The Kier molecular flexibility index (Phi) is 5.07. The first-order valence-electron chi connectivity index (χ1n) is 8.68. The summed E-state index contributed by atoms with van der Waals surface area (Å²) in [5.41, 5.74) is 2.87. The monoisotopic (exact) mass is 350 g/mol. The van der Waals surface area contributed by atoms with Crippen LogP contribution in [-0.4, -0.2) is 41.2 Å². The zero-order valence-electron chi connectivity index (χ0n) is 15.2. The highest BCUT2D eigenvalue weighted by molar-refractivity contribution is 6.43. The van der Waals surface area contributed by atoms with Gasteiger partial charge in [-0.1, -0.05) is 18.2 Å². The minimum Gasteiger partial charge on any atom is -0.497 e. The quantitative estimate of drug-likeness (QED) is 0.503. The number of aromatic nitrogens is 1. The first-order valence-corrected chi connectivity index (χ1v) is 8.68. The van der Waals surface area contributed by atoms with E-state index in [-0.39, 0.29) is 0 Å². The smallest absolute Gasteiger partial charge is 0.296 e. The highest BCUT2D eigenvalue weighted by atomic mass is 16.5. The van der Waals surface area contributed by atoms with Crippen molar-refractivity contribution >= 4 is 17.2 Å². The van der Waals surface area contributed by atoms with Gasteiger partial charge in [0.2, 0.25) is 0 Å². The van der Waals surface area contributed by atoms with Crippen LogP contribution in [0.2, 0.25) is 0 Å². The molecule has 0 saturated carbocycles. The van der Waals surface area contributed by atoms with Crippen LogP contribution < -0.4 is 4.74 Å². The van der Waals surface area contributed by atoms with E-state index in [4.69, 9.17) is 4.74 Å². The predicted octanol–water partition coefficient (Wildman–Crippen LogP) is 3.67. The molecule has 5 heteroatoms. The van der Waals surface area contributed by atoms with Crippen molar-refractivity contribution in [3.8, 4) is 16.9 Å². The molecule has 0 aliphatic rings. The summed E-state index contributed by atoms with van der Waals surface area (Å²) in [7, 11) is 1.61. The highest BCUT2D eigenvalue weighted by Gasteiger charge is 2.27. The molecule has 0 bridgehead atoms. The third-order valence-corrected chi connectivity index (χ3v) is 4.54. The zero-order chi connectivity index (χ0) is 18.7. The topological polar surface area (TPSA) is 51.0 Å². The van der Waals surface area contributed by atoms with E-state index in [1.54, 1.807) is 16.4 Å². The molecule has 0 spiro atoms. The fourth-order valence-electron chi connectivity index (χ4n) is 3.10. The number of hydrogen-bond acceptors (Lipinski definition) is 3. The summed E-state index contributed by atoms with van der Waals surface area (Å²) in [6, 6.07) is 15.1. The largest absolute Gasteiger partial charge is 0.497 e. The van der Waals surface area contributed by atoms with Crippen LogP contribution in [0.25, 0.3) is 16.6 Å². The number of rotatable bonds is 6. The summed E-state index contributed by atoms with van der Waals surface area (Å²) in [6.45, 7) is 4.75. The van der Waals surface area contributed by atoms with Gasteiger partial charge in [0.1, 0.15) is 11.4 Å². The lowest BCUT2D eigenvalue weighted by atomic mass is 10.0. The van der Waals surface area contributed by atoms with Crippen molar-refractivity contribution < 1.29 is 14.3 Å². The molecule has 26 heavy (non-hydrogen) atoms. The molecular weight excluding hydrogens is 328 g/mol. The van der Waals surface area contributed by atoms with E-state index in [9.17, 15) is 9.59 Å². The molecule has 0 N–H and O–H groups in total.